The van der Waals surface area contributed by atoms with E-state index in [-0.39, 0.29) is 38.6 Å². The van der Waals surface area contributed by atoms with Crippen molar-refractivity contribution in [2.75, 3.05) is 39.3 Å². The van der Waals surface area contributed by atoms with Crippen molar-refractivity contribution < 1.29 is 33.9 Å². The van der Waals surface area contributed by atoms with Crippen LogP contribution >= 0.6 is 0 Å². The fourth-order valence-electron chi connectivity index (χ4n) is 5.14. The van der Waals surface area contributed by atoms with Crippen LogP contribution in [-0.4, -0.2) is 110 Å². The van der Waals surface area contributed by atoms with Crippen molar-refractivity contribution in [1.82, 2.24) is 26.6 Å². The van der Waals surface area contributed by atoms with Gasteiger partial charge in [0.05, 0.1) is 6.54 Å². The molecule has 5 amide bonds. The molecule has 0 saturated carbocycles. The van der Waals surface area contributed by atoms with Gasteiger partial charge in [-0.25, -0.2) is 4.79 Å². The van der Waals surface area contributed by atoms with Crippen LogP contribution in [0.3, 0.4) is 0 Å². The summed E-state index contributed by atoms with van der Waals surface area (Å²) in [5.41, 5.74) is 33.5. The van der Waals surface area contributed by atoms with Crippen molar-refractivity contribution in [2.24, 2.45) is 34.4 Å². The van der Waals surface area contributed by atoms with Gasteiger partial charge in [0.2, 0.25) is 29.5 Å². The number of carbonyl (C=O) groups excluding carboxylic acids is 5. The van der Waals surface area contributed by atoms with Gasteiger partial charge < -0.3 is 66.1 Å². The summed E-state index contributed by atoms with van der Waals surface area (Å²) in [5, 5.41) is 22.9. The zero-order chi connectivity index (χ0) is 37.7. The highest BCUT2D eigenvalue weighted by Crippen LogP contribution is 2.10. The molecule has 0 spiro atoms. The van der Waals surface area contributed by atoms with Crippen LogP contribution in [-0.2, 0) is 28.8 Å². The van der Waals surface area contributed by atoms with Gasteiger partial charge in [0.25, 0.3) is 0 Å². The molecule has 18 nitrogen and oxygen atoms in total. The summed E-state index contributed by atoms with van der Waals surface area (Å²) in [6.07, 6.45) is 6.42. The van der Waals surface area contributed by atoms with Crippen LogP contribution in [0, 0.1) is 0 Å². The second-order valence-electron chi connectivity index (χ2n) is 12.3. The molecular formula is C32H65N11O7. The van der Waals surface area contributed by atoms with Crippen LogP contribution < -0.4 is 61.0 Å². The SMILES string of the molecule is NCCCC[C@H](NC(=O)[C@H](CCCCN)NC(=O)[C@H](CCCCN)NC(=O)[C@H](CCCCN)NC(=O)[C@H](CCCCN)NC(=O)CN)C(=O)O. The van der Waals surface area contributed by atoms with Crippen LogP contribution in [0.2, 0.25) is 0 Å². The van der Waals surface area contributed by atoms with Gasteiger partial charge in [-0.15, -0.1) is 0 Å². The van der Waals surface area contributed by atoms with E-state index in [4.69, 9.17) is 34.4 Å². The highest BCUT2D eigenvalue weighted by atomic mass is 16.4. The Morgan fingerprint density at radius 2 is 0.620 bits per heavy atom. The molecule has 0 saturated heterocycles. The maximum Gasteiger partial charge on any atom is 0.326 e. The van der Waals surface area contributed by atoms with Crippen LogP contribution in [0.4, 0.5) is 0 Å². The number of aliphatic carboxylic acids is 1. The number of carboxylic acids is 1. The van der Waals surface area contributed by atoms with Crippen LogP contribution in [0.25, 0.3) is 0 Å². The predicted octanol–water partition coefficient (Wildman–Crippen LogP) is -2.90. The van der Waals surface area contributed by atoms with E-state index in [1.807, 2.05) is 0 Å². The van der Waals surface area contributed by atoms with Crippen molar-refractivity contribution in [3.05, 3.63) is 0 Å². The number of carbonyl (C=O) groups is 6. The third-order valence-electron chi connectivity index (χ3n) is 8.09. The predicted molar refractivity (Wildman–Crippen MR) is 191 cm³/mol. The van der Waals surface area contributed by atoms with Gasteiger partial charge in [0, 0.05) is 0 Å². The van der Waals surface area contributed by atoms with Crippen molar-refractivity contribution in [1.29, 1.82) is 0 Å². The highest BCUT2D eigenvalue weighted by molar-refractivity contribution is 5.96. The molecule has 0 radical (unpaired) electrons. The topological polar surface area (TPSA) is 339 Å². The maximum atomic E-state index is 13.7. The lowest BCUT2D eigenvalue weighted by molar-refractivity contribution is -0.142. The Morgan fingerprint density at radius 1 is 0.380 bits per heavy atom. The Labute approximate surface area is 296 Å². The first-order chi connectivity index (χ1) is 24.0. The first-order valence-electron chi connectivity index (χ1n) is 17.9. The molecule has 0 aromatic carbocycles. The van der Waals surface area contributed by atoms with Gasteiger partial charge in [-0.05, 0) is 129 Å². The van der Waals surface area contributed by atoms with Crippen molar-refractivity contribution in [2.45, 2.75) is 127 Å². The number of unbranched alkanes of at least 4 members (excludes halogenated alkanes) is 5. The molecule has 0 unspecified atom stereocenters. The minimum atomic E-state index is -1.21. The molecule has 0 aromatic rings. The quantitative estimate of drug-likeness (QED) is 0.0321. The van der Waals surface area contributed by atoms with E-state index in [1.54, 1.807) is 0 Å². The molecule has 0 aromatic heterocycles. The number of rotatable bonds is 31. The molecule has 0 heterocycles. The van der Waals surface area contributed by atoms with Crippen LogP contribution in [0.5, 0.6) is 0 Å². The minimum absolute atomic E-state index is 0.167. The summed E-state index contributed by atoms with van der Waals surface area (Å²) in [6.45, 7) is 1.54. The average molecular weight is 716 g/mol. The van der Waals surface area contributed by atoms with E-state index in [0.717, 1.165) is 0 Å². The highest BCUT2D eigenvalue weighted by Gasteiger charge is 2.32. The third kappa shape index (κ3) is 20.9. The maximum absolute atomic E-state index is 13.7. The molecule has 5 atom stereocenters. The van der Waals surface area contributed by atoms with Gasteiger partial charge in [0.1, 0.15) is 30.2 Å². The summed E-state index contributed by atoms with van der Waals surface area (Å²) in [6, 6.07) is -5.40. The molecular weight excluding hydrogens is 650 g/mol. The van der Waals surface area contributed by atoms with Gasteiger partial charge >= 0.3 is 5.97 Å². The lowest BCUT2D eigenvalue weighted by atomic mass is 10.0. The van der Waals surface area contributed by atoms with E-state index >= 15 is 0 Å². The number of hydrogen-bond acceptors (Lipinski definition) is 12. The van der Waals surface area contributed by atoms with Crippen LogP contribution in [0.1, 0.15) is 96.3 Å². The summed E-state index contributed by atoms with van der Waals surface area (Å²) in [5.74, 6) is -4.29. The standard InChI is InChI=1S/C32H65N11O7/c33-16-6-1-11-22(39-27(44)21-38)28(45)40-23(12-2-7-17-34)29(46)41-24(13-3-8-18-35)30(47)42-25(14-4-9-19-36)31(48)43-26(32(49)50)15-5-10-20-37/h22-26H,1-21,33-38H2,(H,39,44)(H,40,45)(H,41,46)(H,42,47)(H,43,48)(H,49,50)/t22-,23-,24-,25-,26-/m0/s1. The zero-order valence-corrected chi connectivity index (χ0v) is 29.6. The smallest absolute Gasteiger partial charge is 0.326 e. The van der Waals surface area contributed by atoms with E-state index in [1.165, 1.54) is 0 Å². The van der Waals surface area contributed by atoms with Crippen molar-refractivity contribution in [3.63, 3.8) is 0 Å². The molecule has 18 N–H and O–H groups in total. The molecule has 0 bridgehead atoms. The molecule has 50 heavy (non-hydrogen) atoms. The van der Waals surface area contributed by atoms with Crippen LogP contribution in [0.15, 0.2) is 0 Å². The number of nitrogens with two attached hydrogens (primary N) is 6. The fraction of sp³-hybridized carbons (Fsp3) is 0.812. The fourth-order valence-corrected chi connectivity index (χ4v) is 5.14. The van der Waals surface area contributed by atoms with Crippen molar-refractivity contribution >= 4 is 35.5 Å². The lowest BCUT2D eigenvalue weighted by Gasteiger charge is -2.27. The van der Waals surface area contributed by atoms with Gasteiger partial charge in [-0.2, -0.15) is 0 Å². The minimum Gasteiger partial charge on any atom is -0.480 e. The van der Waals surface area contributed by atoms with Crippen molar-refractivity contribution in [3.8, 4) is 0 Å². The van der Waals surface area contributed by atoms with Gasteiger partial charge in [-0.1, -0.05) is 0 Å². The molecule has 290 valence electrons. The molecule has 0 aliphatic carbocycles. The van der Waals surface area contributed by atoms with E-state index in [0.29, 0.717) is 96.9 Å². The monoisotopic (exact) mass is 716 g/mol. The average Bonchev–Trinajstić information content (AvgIpc) is 3.09. The Balaban J connectivity index is 6.11. The number of carboxylic acid groups (broad SMARTS) is 1. The molecule has 0 aliphatic heterocycles. The summed E-state index contributed by atoms with van der Waals surface area (Å²) in [7, 11) is 0. The summed E-state index contributed by atoms with van der Waals surface area (Å²) in [4.78, 5) is 77.9. The number of amides is 5. The second kappa shape index (κ2) is 29.3. The molecule has 0 fully saturated rings. The van der Waals surface area contributed by atoms with Gasteiger partial charge in [-0.3, -0.25) is 24.0 Å². The van der Waals surface area contributed by atoms with Gasteiger partial charge in [0.15, 0.2) is 0 Å². The molecule has 0 aliphatic rings. The second-order valence-corrected chi connectivity index (χ2v) is 12.3. The normalized spacial score (nSPS) is 14.0. The number of hydrogen-bond donors (Lipinski definition) is 12. The first-order valence-corrected chi connectivity index (χ1v) is 17.9. The first kappa shape index (κ1) is 46.6. The Kier molecular flexibility index (Phi) is 27.3. The Morgan fingerprint density at radius 3 is 0.860 bits per heavy atom. The molecule has 18 heteroatoms. The molecule has 0 rings (SSSR count). The number of nitrogens with one attached hydrogen (secondary N) is 5. The lowest BCUT2D eigenvalue weighted by Crippen LogP contribution is -2.59. The van der Waals surface area contributed by atoms with E-state index in [9.17, 15) is 33.9 Å². The van der Waals surface area contributed by atoms with E-state index < -0.39 is 65.7 Å². The zero-order valence-electron chi connectivity index (χ0n) is 29.6. The summed E-state index contributed by atoms with van der Waals surface area (Å²) < 4.78 is 0. The van der Waals surface area contributed by atoms with E-state index in [2.05, 4.69) is 26.6 Å². The third-order valence-corrected chi connectivity index (χ3v) is 8.09. The Hall–Kier alpha value is -3.42. The summed E-state index contributed by atoms with van der Waals surface area (Å²) >= 11 is 0. The Bertz CT molecular complexity index is 1010. The largest absolute Gasteiger partial charge is 0.480 e.